The zero-order valence-electron chi connectivity index (χ0n) is 5.07. The fourth-order valence-electron chi connectivity index (χ4n) is 0.635. The molecule has 9 heavy (non-hydrogen) atoms. The summed E-state index contributed by atoms with van der Waals surface area (Å²) in [5, 5.41) is 12.8. The van der Waals surface area contributed by atoms with Gasteiger partial charge < -0.3 is 5.11 Å². The Morgan fingerprint density at radius 3 is 2.78 bits per heavy atom. The van der Waals surface area contributed by atoms with E-state index < -0.39 is 0 Å². The van der Waals surface area contributed by atoms with Crippen molar-refractivity contribution in [2.75, 3.05) is 0 Å². The second-order valence-electron chi connectivity index (χ2n) is 1.76. The minimum Gasteiger partial charge on any atom is -0.504 e. The first-order valence-corrected chi connectivity index (χ1v) is 3.19. The third kappa shape index (κ3) is 1.03. The zero-order chi connectivity index (χ0) is 6.85. The Bertz CT molecular complexity index is 189. The molecule has 0 unspecified atom stereocenters. The van der Waals surface area contributed by atoms with Crippen LogP contribution in [0.1, 0.15) is 5.69 Å². The Labute approximate surface area is 58.7 Å². The van der Waals surface area contributed by atoms with Gasteiger partial charge in [-0.15, -0.1) is 0 Å². The van der Waals surface area contributed by atoms with E-state index >= 15 is 0 Å². The first-order chi connectivity index (χ1) is 4.25. The summed E-state index contributed by atoms with van der Waals surface area (Å²) in [4.78, 5) is 0. The lowest BCUT2D eigenvalue weighted by molar-refractivity contribution is 0.469. The van der Waals surface area contributed by atoms with Crippen molar-refractivity contribution in [3.8, 4) is 5.75 Å². The first kappa shape index (κ1) is 6.48. The Hall–Kier alpha value is -0.640. The summed E-state index contributed by atoms with van der Waals surface area (Å²) in [6, 6.07) is 0. The fourth-order valence-corrected chi connectivity index (χ4v) is 1.00. The predicted octanol–water partition coefficient (Wildman–Crippen LogP) is 0.555. The van der Waals surface area contributed by atoms with Crippen molar-refractivity contribution in [2.24, 2.45) is 7.05 Å². The van der Waals surface area contributed by atoms with Gasteiger partial charge in [-0.2, -0.15) is 17.7 Å². The molecule has 0 aliphatic rings. The van der Waals surface area contributed by atoms with Crippen molar-refractivity contribution >= 4 is 12.6 Å². The van der Waals surface area contributed by atoms with E-state index in [0.717, 1.165) is 5.69 Å². The molecule has 1 rings (SSSR count). The van der Waals surface area contributed by atoms with E-state index in [0.29, 0.717) is 5.75 Å². The molecule has 0 aromatic carbocycles. The van der Waals surface area contributed by atoms with Crippen molar-refractivity contribution in [3.63, 3.8) is 0 Å². The van der Waals surface area contributed by atoms with E-state index in [9.17, 15) is 0 Å². The smallest absolute Gasteiger partial charge is 0.157 e. The summed E-state index contributed by atoms with van der Waals surface area (Å²) < 4.78 is 1.60. The highest BCUT2D eigenvalue weighted by Crippen LogP contribution is 2.15. The molecule has 0 amide bonds. The summed E-state index contributed by atoms with van der Waals surface area (Å²) in [6.07, 6.45) is 1.41. The molecule has 0 spiro atoms. The highest BCUT2D eigenvalue weighted by molar-refractivity contribution is 7.79. The quantitative estimate of drug-likeness (QED) is 0.565. The van der Waals surface area contributed by atoms with Crippen LogP contribution >= 0.6 is 12.6 Å². The molecule has 1 heterocycles. The highest BCUT2D eigenvalue weighted by Gasteiger charge is 2.02. The molecular weight excluding hydrogens is 136 g/mol. The third-order valence-electron chi connectivity index (χ3n) is 1.19. The van der Waals surface area contributed by atoms with E-state index in [1.807, 2.05) is 0 Å². The Morgan fingerprint density at radius 1 is 1.89 bits per heavy atom. The maximum Gasteiger partial charge on any atom is 0.157 e. The molecule has 1 aromatic heterocycles. The van der Waals surface area contributed by atoms with Crippen molar-refractivity contribution in [2.45, 2.75) is 5.75 Å². The van der Waals surface area contributed by atoms with Gasteiger partial charge in [0.1, 0.15) is 0 Å². The highest BCUT2D eigenvalue weighted by atomic mass is 32.1. The van der Waals surface area contributed by atoms with Crippen molar-refractivity contribution in [3.05, 3.63) is 11.9 Å². The normalized spacial score (nSPS) is 10.0. The topological polar surface area (TPSA) is 38.0 Å². The third-order valence-corrected chi connectivity index (χ3v) is 1.49. The van der Waals surface area contributed by atoms with Gasteiger partial charge in [-0.05, 0) is 0 Å². The van der Waals surface area contributed by atoms with Crippen LogP contribution in [0.15, 0.2) is 6.20 Å². The van der Waals surface area contributed by atoms with E-state index in [1.165, 1.54) is 6.20 Å². The first-order valence-electron chi connectivity index (χ1n) is 2.56. The molecular formula is C5H8N2OS. The number of aromatic hydroxyl groups is 1. The molecule has 0 aliphatic heterocycles. The molecule has 0 saturated carbocycles. The predicted molar refractivity (Wildman–Crippen MR) is 37.6 cm³/mol. The Balaban J connectivity index is 3.07. The van der Waals surface area contributed by atoms with Gasteiger partial charge in [0, 0.05) is 12.8 Å². The Kier molecular flexibility index (Phi) is 1.66. The molecule has 50 valence electrons. The van der Waals surface area contributed by atoms with Gasteiger partial charge in [0.15, 0.2) is 5.75 Å². The van der Waals surface area contributed by atoms with Gasteiger partial charge in [-0.3, -0.25) is 4.68 Å². The van der Waals surface area contributed by atoms with Crippen molar-refractivity contribution in [1.82, 2.24) is 9.78 Å². The van der Waals surface area contributed by atoms with Gasteiger partial charge in [0.2, 0.25) is 0 Å². The van der Waals surface area contributed by atoms with Gasteiger partial charge in [0.25, 0.3) is 0 Å². The van der Waals surface area contributed by atoms with Crippen LogP contribution in [0.5, 0.6) is 5.75 Å². The molecule has 0 bridgehead atoms. The molecule has 1 aromatic rings. The fraction of sp³-hybridized carbons (Fsp3) is 0.400. The maximum absolute atomic E-state index is 9.00. The number of aryl methyl sites for hydroxylation is 1. The summed E-state index contributed by atoms with van der Waals surface area (Å²) in [6.45, 7) is 0. The average molecular weight is 144 g/mol. The van der Waals surface area contributed by atoms with E-state index in [4.69, 9.17) is 5.11 Å². The number of hydrogen-bond acceptors (Lipinski definition) is 3. The number of aromatic nitrogens is 2. The van der Waals surface area contributed by atoms with Gasteiger partial charge in [-0.25, -0.2) is 0 Å². The second-order valence-corrected chi connectivity index (χ2v) is 2.07. The average Bonchev–Trinajstić information content (AvgIpc) is 2.12. The number of rotatable bonds is 1. The molecule has 3 nitrogen and oxygen atoms in total. The molecule has 1 N–H and O–H groups in total. The van der Waals surface area contributed by atoms with Crippen molar-refractivity contribution < 1.29 is 5.11 Å². The van der Waals surface area contributed by atoms with Crippen LogP contribution in [0.4, 0.5) is 0 Å². The SMILES string of the molecule is Cn1ncc(O)c1CS. The summed E-state index contributed by atoms with van der Waals surface area (Å²) in [5.74, 6) is 0.731. The van der Waals surface area contributed by atoms with E-state index in [-0.39, 0.29) is 5.75 Å². The van der Waals surface area contributed by atoms with Crippen LogP contribution in [0, 0.1) is 0 Å². The molecule has 0 atom stereocenters. The Morgan fingerprint density at radius 2 is 2.56 bits per heavy atom. The lowest BCUT2D eigenvalue weighted by atomic mass is 10.4. The van der Waals surface area contributed by atoms with Gasteiger partial charge in [-0.1, -0.05) is 0 Å². The minimum absolute atomic E-state index is 0.215. The maximum atomic E-state index is 9.00. The second kappa shape index (κ2) is 2.31. The van der Waals surface area contributed by atoms with E-state index in [2.05, 4.69) is 17.7 Å². The molecule has 0 fully saturated rings. The number of nitrogens with zero attached hydrogens (tertiary/aromatic N) is 2. The summed E-state index contributed by atoms with van der Waals surface area (Å²) >= 11 is 3.99. The zero-order valence-corrected chi connectivity index (χ0v) is 5.97. The molecule has 4 heteroatoms. The van der Waals surface area contributed by atoms with Crippen LogP contribution in [-0.2, 0) is 12.8 Å². The summed E-state index contributed by atoms with van der Waals surface area (Å²) in [5.41, 5.74) is 0.748. The summed E-state index contributed by atoms with van der Waals surface area (Å²) in [7, 11) is 1.77. The lowest BCUT2D eigenvalue weighted by Gasteiger charge is -1.94. The van der Waals surface area contributed by atoms with Crippen LogP contribution in [0.2, 0.25) is 0 Å². The van der Waals surface area contributed by atoms with Crippen LogP contribution in [0.3, 0.4) is 0 Å². The standard InChI is InChI=1S/C5H8N2OS/c1-7-4(3-9)5(8)2-6-7/h2,8-9H,3H2,1H3. The van der Waals surface area contributed by atoms with Crippen LogP contribution in [0.25, 0.3) is 0 Å². The monoisotopic (exact) mass is 144 g/mol. The largest absolute Gasteiger partial charge is 0.504 e. The van der Waals surface area contributed by atoms with E-state index in [1.54, 1.807) is 11.7 Å². The van der Waals surface area contributed by atoms with Crippen molar-refractivity contribution in [1.29, 1.82) is 0 Å². The lowest BCUT2D eigenvalue weighted by Crippen LogP contribution is -1.94. The molecule has 0 radical (unpaired) electrons. The minimum atomic E-state index is 0.215. The number of hydrogen-bond donors (Lipinski definition) is 2. The van der Waals surface area contributed by atoms with Crippen LogP contribution < -0.4 is 0 Å². The number of thiol groups is 1. The molecule has 0 saturated heterocycles. The van der Waals surface area contributed by atoms with Gasteiger partial charge in [0.05, 0.1) is 11.9 Å². The molecule has 0 aliphatic carbocycles. The van der Waals surface area contributed by atoms with Gasteiger partial charge >= 0.3 is 0 Å². The van der Waals surface area contributed by atoms with Crippen LogP contribution in [-0.4, -0.2) is 14.9 Å².